The molecule has 1 aromatic rings. The van der Waals surface area contributed by atoms with Crippen LogP contribution in [-0.4, -0.2) is 58.8 Å². The molecular weight excluding hydrogens is 378 g/mol. The quantitative estimate of drug-likeness (QED) is 0.292. The van der Waals surface area contributed by atoms with E-state index in [1.807, 2.05) is 0 Å². The molecule has 10 nitrogen and oxygen atoms in total. The number of nitrogens with zero attached hydrogens (tertiary/aromatic N) is 2. The third-order valence-corrected chi connectivity index (χ3v) is 4.42. The van der Waals surface area contributed by atoms with Crippen LogP contribution >= 0.6 is 11.8 Å². The van der Waals surface area contributed by atoms with Gasteiger partial charge in [0.05, 0.1) is 9.83 Å². The number of imide groups is 1. The van der Waals surface area contributed by atoms with Gasteiger partial charge in [0.25, 0.3) is 11.1 Å². The second-order valence-electron chi connectivity index (χ2n) is 5.47. The first kappa shape index (κ1) is 20.4. The number of carbonyl (C=O) groups is 3. The molecule has 0 aromatic heterocycles. The minimum Gasteiger partial charge on any atom is -0.502 e. The van der Waals surface area contributed by atoms with Crippen LogP contribution in [0.1, 0.15) is 12.0 Å². The highest BCUT2D eigenvalue weighted by Gasteiger charge is 2.36. The SMILES string of the molecule is COCCCNC(=O)CN1C(=O)S/C(=C\c2ccc(O)c([N+](=O)[O-])c2)C1=O. The van der Waals surface area contributed by atoms with Crippen molar-refractivity contribution in [3.8, 4) is 5.75 Å². The smallest absolute Gasteiger partial charge is 0.311 e. The molecule has 0 radical (unpaired) electrons. The first-order chi connectivity index (χ1) is 12.8. The van der Waals surface area contributed by atoms with Crippen LogP contribution in [0.25, 0.3) is 6.08 Å². The highest BCUT2D eigenvalue weighted by Crippen LogP contribution is 2.33. The summed E-state index contributed by atoms with van der Waals surface area (Å²) in [6.07, 6.45) is 1.90. The Bertz CT molecular complexity index is 809. The average Bonchev–Trinajstić information content (AvgIpc) is 2.87. The molecule has 1 saturated heterocycles. The van der Waals surface area contributed by atoms with Crippen molar-refractivity contribution in [3.63, 3.8) is 0 Å². The number of carbonyl (C=O) groups excluding carboxylic acids is 3. The Morgan fingerprint density at radius 1 is 1.44 bits per heavy atom. The number of nitrogens with one attached hydrogen (secondary N) is 1. The van der Waals surface area contributed by atoms with Gasteiger partial charge >= 0.3 is 5.69 Å². The Labute approximate surface area is 158 Å². The molecular formula is C16H17N3O7S. The molecule has 0 spiro atoms. The molecule has 2 rings (SSSR count). The van der Waals surface area contributed by atoms with E-state index in [1.165, 1.54) is 19.3 Å². The molecule has 1 heterocycles. The van der Waals surface area contributed by atoms with Crippen molar-refractivity contribution in [2.75, 3.05) is 26.8 Å². The summed E-state index contributed by atoms with van der Waals surface area (Å²) >= 11 is 0.635. The van der Waals surface area contributed by atoms with Crippen molar-refractivity contribution < 1.29 is 29.2 Å². The van der Waals surface area contributed by atoms with Crippen LogP contribution in [0.3, 0.4) is 0 Å². The van der Waals surface area contributed by atoms with E-state index < -0.39 is 40.0 Å². The maximum Gasteiger partial charge on any atom is 0.311 e. The van der Waals surface area contributed by atoms with Crippen LogP contribution < -0.4 is 5.32 Å². The van der Waals surface area contributed by atoms with Gasteiger partial charge in [-0.05, 0) is 35.9 Å². The standard InChI is InChI=1S/C16H17N3O7S/c1-26-6-2-5-17-14(21)9-18-15(22)13(27-16(18)23)8-10-3-4-12(20)11(7-10)19(24)25/h3-4,7-8,20H,2,5-6,9H2,1H3,(H,17,21)/b13-8-. The van der Waals surface area contributed by atoms with Gasteiger partial charge in [0.15, 0.2) is 5.75 Å². The number of rotatable bonds is 8. The lowest BCUT2D eigenvalue weighted by molar-refractivity contribution is -0.385. The second kappa shape index (κ2) is 9.14. The van der Waals surface area contributed by atoms with E-state index in [0.717, 1.165) is 17.0 Å². The van der Waals surface area contributed by atoms with Crippen LogP contribution in [-0.2, 0) is 14.3 Å². The highest BCUT2D eigenvalue weighted by atomic mass is 32.2. The minimum atomic E-state index is -0.758. The molecule has 0 aliphatic carbocycles. The maximum absolute atomic E-state index is 12.4. The van der Waals surface area contributed by atoms with Crippen molar-refractivity contribution >= 4 is 40.6 Å². The van der Waals surface area contributed by atoms with Crippen molar-refractivity contribution in [2.24, 2.45) is 0 Å². The van der Waals surface area contributed by atoms with Crippen LogP contribution in [0.4, 0.5) is 10.5 Å². The normalized spacial score (nSPS) is 15.4. The number of benzene rings is 1. The van der Waals surface area contributed by atoms with Crippen molar-refractivity contribution in [2.45, 2.75) is 6.42 Å². The molecule has 27 heavy (non-hydrogen) atoms. The molecule has 1 aromatic carbocycles. The fraction of sp³-hybridized carbons (Fsp3) is 0.312. The fourth-order valence-corrected chi connectivity index (χ4v) is 3.05. The van der Waals surface area contributed by atoms with Gasteiger partial charge in [-0.25, -0.2) is 0 Å². The van der Waals surface area contributed by atoms with Gasteiger partial charge in [-0.15, -0.1) is 0 Å². The molecule has 11 heteroatoms. The summed E-state index contributed by atoms with van der Waals surface area (Å²) in [6, 6.07) is 3.59. The predicted octanol–water partition coefficient (Wildman–Crippen LogP) is 1.49. The van der Waals surface area contributed by atoms with Crippen molar-refractivity contribution in [1.29, 1.82) is 0 Å². The first-order valence-corrected chi connectivity index (χ1v) is 8.63. The zero-order chi connectivity index (χ0) is 20.0. The summed E-state index contributed by atoms with van der Waals surface area (Å²) in [4.78, 5) is 47.1. The summed E-state index contributed by atoms with van der Waals surface area (Å²) in [5.41, 5.74) is -0.243. The summed E-state index contributed by atoms with van der Waals surface area (Å²) < 4.78 is 4.85. The first-order valence-electron chi connectivity index (χ1n) is 7.82. The van der Waals surface area contributed by atoms with E-state index in [4.69, 9.17) is 4.74 Å². The topological polar surface area (TPSA) is 139 Å². The number of methoxy groups -OCH3 is 1. The highest BCUT2D eigenvalue weighted by molar-refractivity contribution is 8.18. The lowest BCUT2D eigenvalue weighted by atomic mass is 10.1. The Kier molecular flexibility index (Phi) is 6.91. The zero-order valence-corrected chi connectivity index (χ0v) is 15.2. The molecule has 2 N–H and O–H groups in total. The van der Waals surface area contributed by atoms with Crippen molar-refractivity contribution in [3.05, 3.63) is 38.8 Å². The molecule has 3 amide bonds. The van der Waals surface area contributed by atoms with E-state index in [9.17, 15) is 29.6 Å². The van der Waals surface area contributed by atoms with Gasteiger partial charge in [0.1, 0.15) is 6.54 Å². The van der Waals surface area contributed by atoms with Gasteiger partial charge < -0.3 is 15.2 Å². The lowest BCUT2D eigenvalue weighted by Gasteiger charge is -2.12. The summed E-state index contributed by atoms with van der Waals surface area (Å²) in [5, 5.41) is 22.3. The third kappa shape index (κ3) is 5.28. The van der Waals surface area contributed by atoms with E-state index >= 15 is 0 Å². The molecule has 0 unspecified atom stereocenters. The predicted molar refractivity (Wildman–Crippen MR) is 96.9 cm³/mol. The summed E-state index contributed by atoms with van der Waals surface area (Å²) in [6.45, 7) is 0.421. The summed E-state index contributed by atoms with van der Waals surface area (Å²) in [5.74, 6) is -1.64. The molecule has 1 aliphatic rings. The zero-order valence-electron chi connectivity index (χ0n) is 14.3. The number of hydrogen-bond donors (Lipinski definition) is 2. The van der Waals surface area contributed by atoms with Crippen LogP contribution in [0.2, 0.25) is 0 Å². The second-order valence-corrected chi connectivity index (χ2v) is 6.46. The van der Waals surface area contributed by atoms with Gasteiger partial charge in [-0.1, -0.05) is 6.07 Å². The molecule has 0 atom stereocenters. The number of nitro benzene ring substituents is 1. The number of thioether (sulfide) groups is 1. The molecule has 0 saturated carbocycles. The number of phenols is 1. The number of hydrogen-bond acceptors (Lipinski definition) is 8. The monoisotopic (exact) mass is 395 g/mol. The van der Waals surface area contributed by atoms with E-state index in [0.29, 0.717) is 31.3 Å². The van der Waals surface area contributed by atoms with Gasteiger partial charge in [-0.3, -0.25) is 29.4 Å². The van der Waals surface area contributed by atoms with E-state index in [-0.39, 0.29) is 10.5 Å². The number of ether oxygens (including phenoxy) is 1. The lowest BCUT2D eigenvalue weighted by Crippen LogP contribution is -2.39. The van der Waals surface area contributed by atoms with E-state index in [1.54, 1.807) is 0 Å². The molecule has 1 fully saturated rings. The molecule has 1 aliphatic heterocycles. The van der Waals surface area contributed by atoms with Crippen LogP contribution in [0, 0.1) is 10.1 Å². The Balaban J connectivity index is 2.07. The molecule has 144 valence electrons. The number of phenolic OH excluding ortho intramolecular Hbond substituents is 1. The molecule has 0 bridgehead atoms. The Morgan fingerprint density at radius 3 is 2.85 bits per heavy atom. The largest absolute Gasteiger partial charge is 0.502 e. The van der Waals surface area contributed by atoms with Crippen LogP contribution in [0.15, 0.2) is 23.1 Å². The minimum absolute atomic E-state index is 0.0344. The number of aromatic hydroxyl groups is 1. The fourth-order valence-electron chi connectivity index (χ4n) is 2.21. The maximum atomic E-state index is 12.4. The van der Waals surface area contributed by atoms with Gasteiger partial charge in [0.2, 0.25) is 5.91 Å². The van der Waals surface area contributed by atoms with Gasteiger partial charge in [0, 0.05) is 26.3 Å². The average molecular weight is 395 g/mol. The number of amides is 3. The number of nitro groups is 1. The van der Waals surface area contributed by atoms with E-state index in [2.05, 4.69) is 5.32 Å². The Hall–Kier alpha value is -2.92. The van der Waals surface area contributed by atoms with Crippen molar-refractivity contribution in [1.82, 2.24) is 10.2 Å². The van der Waals surface area contributed by atoms with Crippen LogP contribution in [0.5, 0.6) is 5.75 Å². The summed E-state index contributed by atoms with van der Waals surface area (Å²) in [7, 11) is 1.54. The Morgan fingerprint density at radius 2 is 2.19 bits per heavy atom. The van der Waals surface area contributed by atoms with Gasteiger partial charge in [-0.2, -0.15) is 0 Å². The third-order valence-electron chi connectivity index (χ3n) is 3.52.